The van der Waals surface area contributed by atoms with Crippen LogP contribution >= 0.6 is 11.3 Å². The van der Waals surface area contributed by atoms with Gasteiger partial charge in [0.25, 0.3) is 0 Å². The van der Waals surface area contributed by atoms with Crippen molar-refractivity contribution < 1.29 is 9.53 Å². The molecule has 0 saturated carbocycles. The summed E-state index contributed by atoms with van der Waals surface area (Å²) in [6.45, 7) is 4.90. The first kappa shape index (κ1) is 20.8. The Morgan fingerprint density at radius 3 is 2.48 bits per heavy atom. The zero-order chi connectivity index (χ0) is 21.6. The molecule has 1 amide bonds. The monoisotopic (exact) mass is 428 g/mol. The summed E-state index contributed by atoms with van der Waals surface area (Å²) in [6.07, 6.45) is 3.29. The van der Waals surface area contributed by atoms with Crippen LogP contribution in [0.4, 0.5) is 5.13 Å². The maximum atomic E-state index is 12.2. The number of hydrogen-bond donors (Lipinski definition) is 1. The van der Waals surface area contributed by atoms with Crippen molar-refractivity contribution >= 4 is 38.7 Å². The molecule has 31 heavy (non-hydrogen) atoms. The van der Waals surface area contributed by atoms with Crippen molar-refractivity contribution in [3.8, 4) is 5.75 Å². The number of anilines is 1. The molecule has 156 valence electrons. The minimum Gasteiger partial charge on any atom is -0.489 e. The quantitative estimate of drug-likeness (QED) is 0.335. The first-order valence-electron chi connectivity index (χ1n) is 10.2. The predicted octanol–water partition coefficient (Wildman–Crippen LogP) is 6.65. The number of nitrogens with zero attached hydrogens (tertiary/aromatic N) is 1. The molecule has 0 bridgehead atoms. The van der Waals surface area contributed by atoms with Crippen LogP contribution in [-0.2, 0) is 11.4 Å². The van der Waals surface area contributed by atoms with Crippen LogP contribution in [0.25, 0.3) is 16.3 Å². The van der Waals surface area contributed by atoms with Gasteiger partial charge in [-0.1, -0.05) is 73.7 Å². The number of rotatable bonds is 7. The molecule has 0 fully saturated rings. The fourth-order valence-corrected chi connectivity index (χ4v) is 3.95. The molecule has 0 atom stereocenters. The first-order chi connectivity index (χ1) is 15.1. The number of carbonyl (C=O) groups excluding carboxylic acids is 1. The van der Waals surface area contributed by atoms with E-state index in [1.54, 1.807) is 6.08 Å². The average Bonchev–Trinajstić information content (AvgIpc) is 3.19. The molecule has 4 rings (SSSR count). The van der Waals surface area contributed by atoms with E-state index < -0.39 is 0 Å². The minimum atomic E-state index is -0.204. The topological polar surface area (TPSA) is 51.2 Å². The smallest absolute Gasteiger partial charge is 0.250 e. The number of fused-ring (bicyclic) bond motifs is 1. The van der Waals surface area contributed by atoms with E-state index in [2.05, 4.69) is 48.4 Å². The van der Waals surface area contributed by atoms with Gasteiger partial charge < -0.3 is 4.74 Å². The molecule has 0 radical (unpaired) electrons. The van der Waals surface area contributed by atoms with Crippen molar-refractivity contribution in [3.05, 3.63) is 95.6 Å². The van der Waals surface area contributed by atoms with Crippen LogP contribution in [0, 0.1) is 0 Å². The molecular weight excluding hydrogens is 404 g/mol. The number of thiazole rings is 1. The van der Waals surface area contributed by atoms with Crippen LogP contribution in [0.5, 0.6) is 5.75 Å². The van der Waals surface area contributed by atoms with E-state index in [-0.39, 0.29) is 5.91 Å². The van der Waals surface area contributed by atoms with Gasteiger partial charge in [-0.05, 0) is 52.9 Å². The van der Waals surface area contributed by atoms with Gasteiger partial charge in [-0.25, -0.2) is 4.98 Å². The Labute approximate surface area is 186 Å². The molecule has 4 nitrogen and oxygen atoms in total. The fraction of sp³-hybridized carbons (Fsp3) is 0.154. The number of amides is 1. The minimum absolute atomic E-state index is 0.204. The van der Waals surface area contributed by atoms with Crippen LogP contribution < -0.4 is 10.1 Å². The highest BCUT2D eigenvalue weighted by atomic mass is 32.1. The number of hydrogen-bond acceptors (Lipinski definition) is 4. The molecule has 0 saturated heterocycles. The van der Waals surface area contributed by atoms with Crippen LogP contribution in [0.2, 0.25) is 0 Å². The standard InChI is InChI=1S/C26H24N2O2S/c1-18(2)21-12-7-20(8-13-21)17-30-22-14-9-19(10-15-22)11-16-25(29)28-26-27-23-5-3-4-6-24(23)31-26/h3-16,18H,17H2,1-2H3,(H,27,28,29)/b16-11+. The van der Waals surface area contributed by atoms with E-state index in [4.69, 9.17) is 4.74 Å². The highest BCUT2D eigenvalue weighted by molar-refractivity contribution is 7.22. The molecule has 3 aromatic carbocycles. The number of aromatic nitrogens is 1. The number of nitrogens with one attached hydrogen (secondary N) is 1. The maximum Gasteiger partial charge on any atom is 0.250 e. The highest BCUT2D eigenvalue weighted by Gasteiger charge is 2.05. The number of benzene rings is 3. The lowest BCUT2D eigenvalue weighted by Crippen LogP contribution is -2.07. The summed E-state index contributed by atoms with van der Waals surface area (Å²) in [5.41, 5.74) is 4.28. The molecule has 1 N–H and O–H groups in total. The third kappa shape index (κ3) is 5.58. The number of carbonyl (C=O) groups is 1. The molecule has 4 aromatic rings. The van der Waals surface area contributed by atoms with Crippen LogP contribution in [0.15, 0.2) is 78.9 Å². The second-order valence-electron chi connectivity index (χ2n) is 7.56. The largest absolute Gasteiger partial charge is 0.489 e. The maximum absolute atomic E-state index is 12.2. The summed E-state index contributed by atoms with van der Waals surface area (Å²) in [7, 11) is 0. The summed E-state index contributed by atoms with van der Waals surface area (Å²) in [5, 5.41) is 3.42. The van der Waals surface area contributed by atoms with E-state index in [0.29, 0.717) is 17.7 Å². The van der Waals surface area contributed by atoms with Crippen LogP contribution in [0.1, 0.15) is 36.5 Å². The normalized spacial score (nSPS) is 11.3. The molecule has 0 unspecified atom stereocenters. The third-order valence-electron chi connectivity index (χ3n) is 4.88. The third-order valence-corrected chi connectivity index (χ3v) is 5.83. The Hall–Kier alpha value is -3.44. The Morgan fingerprint density at radius 2 is 1.77 bits per heavy atom. The van der Waals surface area contributed by atoms with Gasteiger partial charge in [0.2, 0.25) is 5.91 Å². The summed E-state index contributed by atoms with van der Waals surface area (Å²) >= 11 is 1.46. The predicted molar refractivity (Wildman–Crippen MR) is 129 cm³/mol. The lowest BCUT2D eigenvalue weighted by Gasteiger charge is -2.09. The molecule has 1 heterocycles. The highest BCUT2D eigenvalue weighted by Crippen LogP contribution is 2.25. The van der Waals surface area contributed by atoms with Gasteiger partial charge in [0.05, 0.1) is 10.2 Å². The molecule has 0 aliphatic carbocycles. The van der Waals surface area contributed by atoms with Crippen molar-refractivity contribution in [1.29, 1.82) is 0 Å². The van der Waals surface area contributed by atoms with E-state index in [1.165, 1.54) is 23.0 Å². The summed E-state index contributed by atoms with van der Waals surface area (Å²) in [5.74, 6) is 1.12. The van der Waals surface area contributed by atoms with Crippen molar-refractivity contribution in [2.24, 2.45) is 0 Å². The summed E-state index contributed by atoms with van der Waals surface area (Å²) in [4.78, 5) is 16.6. The van der Waals surface area contributed by atoms with Gasteiger partial charge in [0.15, 0.2) is 5.13 Å². The van der Waals surface area contributed by atoms with Crippen molar-refractivity contribution in [2.45, 2.75) is 26.4 Å². The first-order valence-corrected chi connectivity index (χ1v) is 11.0. The second kappa shape index (κ2) is 9.58. The van der Waals surface area contributed by atoms with Crippen molar-refractivity contribution in [3.63, 3.8) is 0 Å². The van der Waals surface area contributed by atoms with Crippen molar-refractivity contribution in [1.82, 2.24) is 4.98 Å². The Morgan fingerprint density at radius 1 is 1.03 bits per heavy atom. The molecule has 0 aliphatic rings. The Kier molecular flexibility index (Phi) is 6.43. The lowest BCUT2D eigenvalue weighted by molar-refractivity contribution is -0.111. The van der Waals surface area contributed by atoms with E-state index >= 15 is 0 Å². The van der Waals surface area contributed by atoms with Gasteiger partial charge in [-0.15, -0.1) is 0 Å². The van der Waals surface area contributed by atoms with E-state index in [1.807, 2.05) is 48.5 Å². The van der Waals surface area contributed by atoms with Crippen LogP contribution in [0.3, 0.4) is 0 Å². The van der Waals surface area contributed by atoms with Gasteiger partial charge in [-0.2, -0.15) is 0 Å². The van der Waals surface area contributed by atoms with Gasteiger partial charge in [-0.3, -0.25) is 10.1 Å². The average molecular weight is 429 g/mol. The molecule has 1 aromatic heterocycles. The molecule has 0 spiro atoms. The van der Waals surface area contributed by atoms with Crippen molar-refractivity contribution in [2.75, 3.05) is 5.32 Å². The zero-order valence-corrected chi connectivity index (χ0v) is 18.4. The summed E-state index contributed by atoms with van der Waals surface area (Å²) in [6, 6.07) is 24.0. The number of para-hydroxylation sites is 1. The molecular formula is C26H24N2O2S. The van der Waals surface area contributed by atoms with E-state index in [9.17, 15) is 4.79 Å². The Balaban J connectivity index is 1.30. The van der Waals surface area contributed by atoms with Gasteiger partial charge in [0.1, 0.15) is 12.4 Å². The SMILES string of the molecule is CC(C)c1ccc(COc2ccc(/C=C/C(=O)Nc3nc4ccccc4s3)cc2)cc1. The lowest BCUT2D eigenvalue weighted by atomic mass is 10.0. The molecule has 0 aliphatic heterocycles. The van der Waals surface area contributed by atoms with Gasteiger partial charge in [0, 0.05) is 6.08 Å². The number of ether oxygens (including phenoxy) is 1. The van der Waals surface area contributed by atoms with Crippen LogP contribution in [-0.4, -0.2) is 10.9 Å². The zero-order valence-electron chi connectivity index (χ0n) is 17.5. The summed E-state index contributed by atoms with van der Waals surface area (Å²) < 4.78 is 6.92. The van der Waals surface area contributed by atoms with Gasteiger partial charge >= 0.3 is 0 Å². The Bertz CT molecular complexity index is 1160. The van der Waals surface area contributed by atoms with E-state index in [0.717, 1.165) is 27.1 Å². The molecule has 5 heteroatoms. The second-order valence-corrected chi connectivity index (χ2v) is 8.59. The fourth-order valence-electron chi connectivity index (χ4n) is 3.09.